The van der Waals surface area contributed by atoms with E-state index in [4.69, 9.17) is 10.5 Å². The molecule has 0 saturated carbocycles. The summed E-state index contributed by atoms with van der Waals surface area (Å²) in [4.78, 5) is 4.33. The van der Waals surface area contributed by atoms with Crippen LogP contribution in [0.15, 0.2) is 54.7 Å². The lowest BCUT2D eigenvalue weighted by Gasteiger charge is -2.11. The largest absolute Gasteiger partial charge is 0.455 e. The summed E-state index contributed by atoms with van der Waals surface area (Å²) in [6, 6.07) is 14.4. The van der Waals surface area contributed by atoms with E-state index in [1.165, 1.54) is 6.07 Å². The van der Waals surface area contributed by atoms with Gasteiger partial charge in [-0.3, -0.25) is 4.98 Å². The predicted molar refractivity (Wildman–Crippen MR) is 81.0 cm³/mol. The van der Waals surface area contributed by atoms with Crippen LogP contribution in [0.25, 0.3) is 10.9 Å². The highest BCUT2D eigenvalue weighted by atomic mass is 19.1. The molecule has 4 heteroatoms. The second kappa shape index (κ2) is 5.89. The van der Waals surface area contributed by atoms with Crippen molar-refractivity contribution in [1.29, 1.82) is 0 Å². The lowest BCUT2D eigenvalue weighted by molar-refractivity contribution is 0.466. The number of hydrogen-bond donors (Lipinski definition) is 1. The number of benzene rings is 2. The van der Waals surface area contributed by atoms with Crippen molar-refractivity contribution in [3.05, 3.63) is 66.1 Å². The van der Waals surface area contributed by atoms with Crippen molar-refractivity contribution in [1.82, 2.24) is 4.98 Å². The molecule has 3 rings (SSSR count). The molecule has 106 valence electrons. The van der Waals surface area contributed by atoms with Crippen LogP contribution < -0.4 is 10.5 Å². The molecule has 2 N–H and O–H groups in total. The van der Waals surface area contributed by atoms with E-state index < -0.39 is 0 Å². The molecule has 1 heterocycles. The lowest BCUT2D eigenvalue weighted by Crippen LogP contribution is -2.06. The zero-order valence-electron chi connectivity index (χ0n) is 11.4. The molecular weight excluding hydrogens is 267 g/mol. The average molecular weight is 282 g/mol. The van der Waals surface area contributed by atoms with E-state index in [0.717, 1.165) is 10.9 Å². The normalized spacial score (nSPS) is 10.8. The van der Waals surface area contributed by atoms with Gasteiger partial charge in [-0.2, -0.15) is 0 Å². The Hall–Kier alpha value is -2.46. The summed E-state index contributed by atoms with van der Waals surface area (Å²) in [5.74, 6) is 0.766. The summed E-state index contributed by atoms with van der Waals surface area (Å²) >= 11 is 0. The smallest absolute Gasteiger partial charge is 0.146 e. The molecule has 1 aromatic heterocycles. The van der Waals surface area contributed by atoms with Crippen LogP contribution >= 0.6 is 0 Å². The van der Waals surface area contributed by atoms with Crippen LogP contribution in [0, 0.1) is 5.82 Å². The summed E-state index contributed by atoms with van der Waals surface area (Å²) < 4.78 is 19.6. The van der Waals surface area contributed by atoms with E-state index in [2.05, 4.69) is 4.98 Å². The van der Waals surface area contributed by atoms with Crippen molar-refractivity contribution >= 4 is 10.9 Å². The molecule has 0 spiro atoms. The number of nitrogens with two attached hydrogens (primary N) is 1. The van der Waals surface area contributed by atoms with Gasteiger partial charge in [0.1, 0.15) is 17.3 Å². The van der Waals surface area contributed by atoms with Crippen molar-refractivity contribution in [2.24, 2.45) is 5.73 Å². The molecule has 0 atom stereocenters. The Morgan fingerprint density at radius 3 is 2.81 bits per heavy atom. The Kier molecular flexibility index (Phi) is 3.79. The van der Waals surface area contributed by atoms with Crippen LogP contribution in [-0.4, -0.2) is 11.5 Å². The molecule has 3 aromatic rings. The van der Waals surface area contributed by atoms with Crippen molar-refractivity contribution in [3.63, 3.8) is 0 Å². The van der Waals surface area contributed by atoms with E-state index in [1.807, 2.05) is 30.3 Å². The zero-order chi connectivity index (χ0) is 14.7. The van der Waals surface area contributed by atoms with Crippen molar-refractivity contribution in [3.8, 4) is 11.5 Å². The molecule has 0 unspecified atom stereocenters. The highest BCUT2D eigenvalue weighted by molar-refractivity contribution is 5.79. The Bertz CT molecular complexity index is 774. The van der Waals surface area contributed by atoms with Gasteiger partial charge in [-0.1, -0.05) is 24.3 Å². The van der Waals surface area contributed by atoms with Crippen LogP contribution in [0.1, 0.15) is 5.56 Å². The molecule has 0 saturated heterocycles. The van der Waals surface area contributed by atoms with Crippen molar-refractivity contribution in [2.75, 3.05) is 6.54 Å². The summed E-state index contributed by atoms with van der Waals surface area (Å²) in [5.41, 5.74) is 6.92. The third kappa shape index (κ3) is 2.85. The number of ether oxygens (including phenoxy) is 1. The maximum absolute atomic E-state index is 13.8. The van der Waals surface area contributed by atoms with E-state index in [9.17, 15) is 4.39 Å². The van der Waals surface area contributed by atoms with Crippen LogP contribution in [0.2, 0.25) is 0 Å². The van der Waals surface area contributed by atoms with Gasteiger partial charge in [0.05, 0.1) is 11.7 Å². The molecule has 2 aromatic carbocycles. The van der Waals surface area contributed by atoms with Gasteiger partial charge in [0, 0.05) is 10.9 Å². The van der Waals surface area contributed by atoms with Gasteiger partial charge in [0.25, 0.3) is 0 Å². The summed E-state index contributed by atoms with van der Waals surface area (Å²) in [6.45, 7) is 0.368. The lowest BCUT2D eigenvalue weighted by atomic mass is 10.1. The Labute approximate surface area is 122 Å². The first-order chi connectivity index (χ1) is 10.3. The third-order valence-corrected chi connectivity index (χ3v) is 3.26. The van der Waals surface area contributed by atoms with Crippen molar-refractivity contribution in [2.45, 2.75) is 6.42 Å². The minimum Gasteiger partial charge on any atom is -0.455 e. The zero-order valence-corrected chi connectivity index (χ0v) is 11.4. The first-order valence-corrected chi connectivity index (χ1v) is 6.78. The topological polar surface area (TPSA) is 48.1 Å². The van der Waals surface area contributed by atoms with Gasteiger partial charge >= 0.3 is 0 Å². The minimum atomic E-state index is -0.299. The highest BCUT2D eigenvalue weighted by Crippen LogP contribution is 2.28. The maximum atomic E-state index is 13.8. The Morgan fingerprint density at radius 2 is 1.95 bits per heavy atom. The first kappa shape index (κ1) is 13.5. The first-order valence-electron chi connectivity index (χ1n) is 6.78. The predicted octanol–water partition coefficient (Wildman–Crippen LogP) is 3.67. The maximum Gasteiger partial charge on any atom is 0.146 e. The van der Waals surface area contributed by atoms with E-state index >= 15 is 0 Å². The number of aromatic nitrogens is 1. The van der Waals surface area contributed by atoms with Gasteiger partial charge in [-0.15, -0.1) is 0 Å². The molecule has 0 radical (unpaired) electrons. The molecule has 0 aliphatic heterocycles. The molecule has 0 fully saturated rings. The standard InChI is InChI=1S/C17H15FN2O/c18-15-5-3-7-17(14(15)8-9-19)21-13-10-12-4-1-2-6-16(12)20-11-13/h1-7,10-11H,8-9,19H2. The number of halogens is 1. The second-order valence-corrected chi connectivity index (χ2v) is 4.72. The van der Waals surface area contributed by atoms with Crippen LogP contribution in [0.3, 0.4) is 0 Å². The molecule has 21 heavy (non-hydrogen) atoms. The highest BCUT2D eigenvalue weighted by Gasteiger charge is 2.10. The molecule has 0 amide bonds. The quantitative estimate of drug-likeness (QED) is 0.794. The third-order valence-electron chi connectivity index (χ3n) is 3.26. The number of para-hydroxylation sites is 1. The molecule has 3 nitrogen and oxygen atoms in total. The monoisotopic (exact) mass is 282 g/mol. The fourth-order valence-corrected chi connectivity index (χ4v) is 2.26. The molecule has 0 bridgehead atoms. The number of rotatable bonds is 4. The Morgan fingerprint density at radius 1 is 1.10 bits per heavy atom. The van der Waals surface area contributed by atoms with Gasteiger partial charge in [0.15, 0.2) is 0 Å². The van der Waals surface area contributed by atoms with Crippen molar-refractivity contribution < 1.29 is 9.13 Å². The average Bonchev–Trinajstić information content (AvgIpc) is 2.51. The van der Waals surface area contributed by atoms with Crippen LogP contribution in [-0.2, 0) is 6.42 Å². The molecule has 0 aliphatic rings. The van der Waals surface area contributed by atoms with Crippen LogP contribution in [0.4, 0.5) is 4.39 Å². The van der Waals surface area contributed by atoms with E-state index in [1.54, 1.807) is 18.3 Å². The Balaban J connectivity index is 1.96. The summed E-state index contributed by atoms with van der Waals surface area (Å²) in [5, 5.41) is 0.978. The summed E-state index contributed by atoms with van der Waals surface area (Å²) in [7, 11) is 0. The number of pyridine rings is 1. The summed E-state index contributed by atoms with van der Waals surface area (Å²) in [6.07, 6.45) is 2.07. The van der Waals surface area contributed by atoms with E-state index in [0.29, 0.717) is 30.0 Å². The minimum absolute atomic E-state index is 0.299. The van der Waals surface area contributed by atoms with Gasteiger partial charge < -0.3 is 10.5 Å². The van der Waals surface area contributed by atoms with Gasteiger partial charge in [-0.05, 0) is 37.2 Å². The number of nitrogens with zero attached hydrogens (tertiary/aromatic N) is 1. The molecule has 0 aliphatic carbocycles. The second-order valence-electron chi connectivity index (χ2n) is 4.72. The van der Waals surface area contributed by atoms with Crippen LogP contribution in [0.5, 0.6) is 11.5 Å². The number of hydrogen-bond acceptors (Lipinski definition) is 3. The van der Waals surface area contributed by atoms with E-state index in [-0.39, 0.29) is 5.82 Å². The van der Waals surface area contributed by atoms with Gasteiger partial charge in [0.2, 0.25) is 0 Å². The van der Waals surface area contributed by atoms with Gasteiger partial charge in [-0.25, -0.2) is 4.39 Å². The fraction of sp³-hybridized carbons (Fsp3) is 0.118. The SMILES string of the molecule is NCCc1c(F)cccc1Oc1cnc2ccccc2c1. The number of fused-ring (bicyclic) bond motifs is 1. The fourth-order valence-electron chi connectivity index (χ4n) is 2.26. The molecular formula is C17H15FN2O.